The molecule has 5 heteroatoms. The Bertz CT molecular complexity index is 2510. The summed E-state index contributed by atoms with van der Waals surface area (Å²) in [5, 5.41) is 8.74. The highest BCUT2D eigenvalue weighted by atomic mass is 15.3. The molecule has 49 heavy (non-hydrogen) atoms. The molecule has 9 rings (SSSR count). The molecule has 0 radical (unpaired) electrons. The molecule has 4 heterocycles. The van der Waals surface area contributed by atoms with Crippen LogP contribution in [0.4, 0.5) is 0 Å². The molecule has 9 aromatic rings. The molecular weight excluding hydrogens is 599 g/mol. The van der Waals surface area contributed by atoms with Gasteiger partial charge in [-0.25, -0.2) is 9.67 Å². The Kier molecular flexibility index (Phi) is 7.06. The van der Waals surface area contributed by atoms with Crippen molar-refractivity contribution in [3.8, 4) is 62.0 Å². The molecule has 0 aliphatic carbocycles. The van der Waals surface area contributed by atoms with Gasteiger partial charge >= 0.3 is 0 Å². The zero-order chi connectivity index (χ0) is 32.6. The normalized spacial score (nSPS) is 11.3. The zero-order valence-electron chi connectivity index (χ0n) is 26.5. The average Bonchev–Trinajstić information content (AvgIpc) is 3.60. The van der Waals surface area contributed by atoms with Crippen LogP contribution < -0.4 is 0 Å². The Morgan fingerprint density at radius 1 is 0.408 bits per heavy atom. The number of benzene rings is 5. The van der Waals surface area contributed by atoms with E-state index < -0.39 is 0 Å². The second-order valence-corrected chi connectivity index (χ2v) is 11.9. The van der Waals surface area contributed by atoms with E-state index in [-0.39, 0.29) is 0 Å². The van der Waals surface area contributed by atoms with E-state index in [1.807, 2.05) is 60.9 Å². The molecule has 0 atom stereocenters. The number of rotatable bonds is 6. The van der Waals surface area contributed by atoms with E-state index in [1.54, 1.807) is 0 Å². The van der Waals surface area contributed by atoms with E-state index in [0.717, 1.165) is 83.6 Å². The van der Waals surface area contributed by atoms with Crippen LogP contribution in [0.2, 0.25) is 0 Å². The van der Waals surface area contributed by atoms with Crippen molar-refractivity contribution < 1.29 is 0 Å². The van der Waals surface area contributed by atoms with Crippen LogP contribution in [0.1, 0.15) is 0 Å². The van der Waals surface area contributed by atoms with Gasteiger partial charge in [0, 0.05) is 34.3 Å². The van der Waals surface area contributed by atoms with E-state index in [9.17, 15) is 0 Å². The van der Waals surface area contributed by atoms with Crippen LogP contribution in [0.5, 0.6) is 0 Å². The monoisotopic (exact) mass is 627 g/mol. The van der Waals surface area contributed by atoms with Gasteiger partial charge in [0.2, 0.25) is 0 Å². The second-order valence-electron chi connectivity index (χ2n) is 11.9. The number of nitrogens with zero attached hydrogens (tertiary/aromatic N) is 5. The lowest BCUT2D eigenvalue weighted by Crippen LogP contribution is -1.98. The summed E-state index contributed by atoms with van der Waals surface area (Å²) in [5.74, 6) is 0. The maximum Gasteiger partial charge on any atom is 0.101 e. The lowest BCUT2D eigenvalue weighted by Gasteiger charge is -2.19. The molecule has 0 saturated carbocycles. The molecule has 230 valence electrons. The number of pyridine rings is 3. The van der Waals surface area contributed by atoms with Crippen molar-refractivity contribution in [3.63, 3.8) is 0 Å². The number of aromatic nitrogens is 5. The van der Waals surface area contributed by atoms with Crippen molar-refractivity contribution >= 4 is 21.7 Å². The van der Waals surface area contributed by atoms with Gasteiger partial charge in [0.15, 0.2) is 0 Å². The lowest BCUT2D eigenvalue weighted by atomic mass is 9.85. The first-order valence-corrected chi connectivity index (χ1v) is 16.3. The summed E-state index contributed by atoms with van der Waals surface area (Å²) in [5.41, 5.74) is 11.6. The van der Waals surface area contributed by atoms with Gasteiger partial charge in [-0.2, -0.15) is 5.10 Å². The Morgan fingerprint density at radius 2 is 0.939 bits per heavy atom. The largest absolute Gasteiger partial charge is 0.255 e. The molecule has 0 spiro atoms. The van der Waals surface area contributed by atoms with Crippen molar-refractivity contribution in [1.29, 1.82) is 0 Å². The number of para-hydroxylation sites is 1. The second kappa shape index (κ2) is 12.1. The first kappa shape index (κ1) is 28.5. The first-order valence-electron chi connectivity index (χ1n) is 16.3. The smallest absolute Gasteiger partial charge is 0.101 e. The molecule has 0 N–H and O–H groups in total. The summed E-state index contributed by atoms with van der Waals surface area (Å²) in [6.07, 6.45) is 3.62. The van der Waals surface area contributed by atoms with E-state index >= 15 is 0 Å². The van der Waals surface area contributed by atoms with Gasteiger partial charge in [-0.05, 0) is 70.6 Å². The summed E-state index contributed by atoms with van der Waals surface area (Å²) in [6, 6.07) is 56.4. The minimum atomic E-state index is 0.783. The Labute approximate surface area is 283 Å². The minimum Gasteiger partial charge on any atom is -0.255 e. The third kappa shape index (κ3) is 5.05. The van der Waals surface area contributed by atoms with Crippen molar-refractivity contribution in [2.75, 3.05) is 0 Å². The van der Waals surface area contributed by atoms with Gasteiger partial charge in [0.05, 0.1) is 34.0 Å². The fraction of sp³-hybridized carbons (Fsp3) is 0. The quantitative estimate of drug-likeness (QED) is 0.184. The molecule has 4 aromatic heterocycles. The fourth-order valence-corrected chi connectivity index (χ4v) is 6.78. The molecule has 5 aromatic carbocycles. The van der Waals surface area contributed by atoms with E-state index in [4.69, 9.17) is 20.1 Å². The summed E-state index contributed by atoms with van der Waals surface area (Å²) in [6.45, 7) is 0. The van der Waals surface area contributed by atoms with E-state index in [1.165, 1.54) is 0 Å². The standard InChI is InChI=1S/C44H29N5/c1-4-16-30(17-5-1)41-40(32-28-38(36-24-12-14-26-45-36)47-39(29-32)37-25-13-15-27-46-37)34-22-10-11-23-35(34)44-42(41)43(31-18-6-2-7-19-31)48-49(44)33-20-8-3-9-21-33/h1-29H. The van der Waals surface area contributed by atoms with Crippen molar-refractivity contribution in [2.45, 2.75) is 0 Å². The van der Waals surface area contributed by atoms with Gasteiger partial charge in [-0.1, -0.05) is 115 Å². The summed E-state index contributed by atoms with van der Waals surface area (Å²) in [7, 11) is 0. The number of hydrogen-bond acceptors (Lipinski definition) is 4. The molecule has 0 amide bonds. The van der Waals surface area contributed by atoms with Gasteiger partial charge in [0.1, 0.15) is 5.69 Å². The average molecular weight is 628 g/mol. The zero-order valence-corrected chi connectivity index (χ0v) is 26.5. The highest BCUT2D eigenvalue weighted by Gasteiger charge is 2.26. The molecule has 0 fully saturated rings. The van der Waals surface area contributed by atoms with Crippen LogP contribution in [0.3, 0.4) is 0 Å². The third-order valence-electron chi connectivity index (χ3n) is 8.92. The van der Waals surface area contributed by atoms with Crippen molar-refractivity contribution in [1.82, 2.24) is 24.7 Å². The van der Waals surface area contributed by atoms with Gasteiger partial charge in [-0.15, -0.1) is 0 Å². The number of hydrogen-bond donors (Lipinski definition) is 0. The van der Waals surface area contributed by atoms with Crippen LogP contribution in [0.15, 0.2) is 176 Å². The Morgan fingerprint density at radius 3 is 1.53 bits per heavy atom. The van der Waals surface area contributed by atoms with Gasteiger partial charge < -0.3 is 0 Å². The SMILES string of the molecule is c1ccc(-c2nn(-c3ccccc3)c3c2c(-c2ccccc2)c(-c2cc(-c4ccccn4)nc(-c4ccccn4)c2)c2ccccc23)cc1. The molecule has 5 nitrogen and oxygen atoms in total. The molecular formula is C44H29N5. The molecule has 0 unspecified atom stereocenters. The van der Waals surface area contributed by atoms with Crippen molar-refractivity contribution in [2.24, 2.45) is 0 Å². The lowest BCUT2D eigenvalue weighted by molar-refractivity contribution is 0.918. The minimum absolute atomic E-state index is 0.783. The van der Waals surface area contributed by atoms with Crippen LogP contribution >= 0.6 is 0 Å². The third-order valence-corrected chi connectivity index (χ3v) is 8.92. The van der Waals surface area contributed by atoms with Gasteiger partial charge in [0.25, 0.3) is 0 Å². The molecule has 0 aliphatic rings. The molecule has 0 bridgehead atoms. The Balaban J connectivity index is 1.49. The highest BCUT2D eigenvalue weighted by molar-refractivity contribution is 6.24. The molecule has 0 aliphatic heterocycles. The predicted molar refractivity (Wildman–Crippen MR) is 199 cm³/mol. The van der Waals surface area contributed by atoms with Crippen LogP contribution in [0, 0.1) is 0 Å². The predicted octanol–water partition coefficient (Wildman–Crippen LogP) is 10.7. The summed E-state index contributed by atoms with van der Waals surface area (Å²) in [4.78, 5) is 14.5. The Hall–Kier alpha value is -6.72. The maximum absolute atomic E-state index is 5.42. The molecule has 0 saturated heterocycles. The first-order chi connectivity index (χ1) is 24.3. The van der Waals surface area contributed by atoms with E-state index in [0.29, 0.717) is 0 Å². The maximum atomic E-state index is 5.42. The van der Waals surface area contributed by atoms with Crippen LogP contribution in [-0.2, 0) is 0 Å². The van der Waals surface area contributed by atoms with Crippen LogP contribution in [-0.4, -0.2) is 24.7 Å². The fourth-order valence-electron chi connectivity index (χ4n) is 6.78. The van der Waals surface area contributed by atoms with Crippen LogP contribution in [0.25, 0.3) is 83.6 Å². The van der Waals surface area contributed by atoms with E-state index in [2.05, 4.69) is 120 Å². The van der Waals surface area contributed by atoms with Crippen molar-refractivity contribution in [3.05, 3.63) is 176 Å². The summed E-state index contributed by atoms with van der Waals surface area (Å²) >= 11 is 0. The highest BCUT2D eigenvalue weighted by Crippen LogP contribution is 2.48. The number of fused-ring (bicyclic) bond motifs is 3. The topological polar surface area (TPSA) is 56.5 Å². The van der Waals surface area contributed by atoms with Gasteiger partial charge in [-0.3, -0.25) is 9.97 Å². The summed E-state index contributed by atoms with van der Waals surface area (Å²) < 4.78 is 2.11.